The monoisotopic (exact) mass is 237 g/mol. The highest BCUT2D eigenvalue weighted by Crippen LogP contribution is 2.20. The third kappa shape index (κ3) is 2.52. The molecule has 2 rings (SSSR count). The fourth-order valence-corrected chi connectivity index (χ4v) is 2.23. The van der Waals surface area contributed by atoms with Gasteiger partial charge in [0.2, 0.25) is 0 Å². The zero-order chi connectivity index (χ0) is 12.4. The molecule has 1 amide bonds. The van der Waals surface area contributed by atoms with E-state index in [0.717, 1.165) is 30.7 Å². The molecule has 94 valence electrons. The summed E-state index contributed by atoms with van der Waals surface area (Å²) in [6, 6.07) is 1.79. The molecule has 0 aliphatic carbocycles. The van der Waals surface area contributed by atoms with Crippen molar-refractivity contribution in [3.8, 4) is 0 Å². The van der Waals surface area contributed by atoms with Gasteiger partial charge in [-0.25, -0.2) is 0 Å². The van der Waals surface area contributed by atoms with Crippen LogP contribution < -0.4 is 0 Å². The van der Waals surface area contributed by atoms with E-state index in [1.165, 1.54) is 0 Å². The lowest BCUT2D eigenvalue weighted by molar-refractivity contribution is 0.0589. The maximum Gasteiger partial charge on any atom is 0.289 e. The second-order valence-corrected chi connectivity index (χ2v) is 4.79. The van der Waals surface area contributed by atoms with Crippen molar-refractivity contribution in [3.63, 3.8) is 0 Å². The zero-order valence-electron chi connectivity index (χ0n) is 10.4. The summed E-state index contributed by atoms with van der Waals surface area (Å²) in [6.07, 6.45) is 1.95. The molecule has 4 nitrogen and oxygen atoms in total. The predicted octanol–water partition coefficient (Wildman–Crippen LogP) is 1.74. The zero-order valence-corrected chi connectivity index (χ0v) is 10.4. The summed E-state index contributed by atoms with van der Waals surface area (Å²) in [7, 11) is 0. The molecule has 0 bridgehead atoms. The molecule has 0 aromatic carbocycles. The number of amides is 1. The number of rotatable bonds is 2. The summed E-state index contributed by atoms with van der Waals surface area (Å²) >= 11 is 0. The molecule has 1 aromatic rings. The molecule has 1 aromatic heterocycles. The number of hydrogen-bond acceptors (Lipinski definition) is 3. The average Bonchev–Trinajstić information content (AvgIpc) is 2.69. The van der Waals surface area contributed by atoms with Crippen LogP contribution in [0.3, 0.4) is 0 Å². The first-order chi connectivity index (χ1) is 8.11. The van der Waals surface area contributed by atoms with Crippen LogP contribution in [-0.2, 0) is 0 Å². The largest absolute Gasteiger partial charge is 0.456 e. The van der Waals surface area contributed by atoms with E-state index in [1.807, 2.05) is 13.8 Å². The number of nitrogens with zero attached hydrogens (tertiary/aromatic N) is 1. The van der Waals surface area contributed by atoms with Crippen molar-refractivity contribution < 1.29 is 14.3 Å². The van der Waals surface area contributed by atoms with Crippen molar-refractivity contribution in [2.24, 2.45) is 5.92 Å². The van der Waals surface area contributed by atoms with Crippen LogP contribution >= 0.6 is 0 Å². The van der Waals surface area contributed by atoms with Gasteiger partial charge in [0.15, 0.2) is 5.76 Å². The standard InChI is InChI=1S/C13H19NO3/c1-9-6-12(17-10(9)2)13(16)14-5-3-4-11(7-14)8-15/h6,11,15H,3-5,7-8H2,1-2H3. The van der Waals surface area contributed by atoms with Crippen molar-refractivity contribution >= 4 is 5.91 Å². The number of hydrogen-bond donors (Lipinski definition) is 1. The van der Waals surface area contributed by atoms with Gasteiger partial charge >= 0.3 is 0 Å². The lowest BCUT2D eigenvalue weighted by atomic mass is 9.99. The van der Waals surface area contributed by atoms with Crippen LogP contribution in [0.25, 0.3) is 0 Å². The van der Waals surface area contributed by atoms with Crippen LogP contribution in [0.4, 0.5) is 0 Å². The molecule has 0 radical (unpaired) electrons. The predicted molar refractivity (Wildman–Crippen MR) is 63.9 cm³/mol. The van der Waals surface area contributed by atoms with Crippen molar-refractivity contribution in [2.45, 2.75) is 26.7 Å². The summed E-state index contributed by atoms with van der Waals surface area (Å²) in [5, 5.41) is 9.15. The van der Waals surface area contributed by atoms with E-state index in [9.17, 15) is 4.79 Å². The fourth-order valence-electron chi connectivity index (χ4n) is 2.23. The summed E-state index contributed by atoms with van der Waals surface area (Å²) in [4.78, 5) is 14.0. The summed E-state index contributed by atoms with van der Waals surface area (Å²) in [5.74, 6) is 1.37. The van der Waals surface area contributed by atoms with Gasteiger partial charge < -0.3 is 14.4 Å². The molecule has 1 unspecified atom stereocenters. The number of piperidine rings is 1. The summed E-state index contributed by atoms with van der Waals surface area (Å²) in [5.41, 5.74) is 1.00. The van der Waals surface area contributed by atoms with E-state index in [2.05, 4.69) is 0 Å². The molecule has 1 aliphatic rings. The van der Waals surface area contributed by atoms with Crippen LogP contribution in [0.2, 0.25) is 0 Å². The molecule has 2 heterocycles. The van der Waals surface area contributed by atoms with Crippen molar-refractivity contribution in [2.75, 3.05) is 19.7 Å². The number of furan rings is 1. The Bertz CT molecular complexity index is 391. The maximum absolute atomic E-state index is 12.2. The minimum atomic E-state index is -0.0562. The summed E-state index contributed by atoms with van der Waals surface area (Å²) < 4.78 is 5.44. The Morgan fingerprint density at radius 3 is 2.94 bits per heavy atom. The van der Waals surface area contributed by atoms with Crippen LogP contribution in [-0.4, -0.2) is 35.6 Å². The van der Waals surface area contributed by atoms with Gasteiger partial charge in [-0.2, -0.15) is 0 Å². The lowest BCUT2D eigenvalue weighted by Gasteiger charge is -2.31. The first kappa shape index (κ1) is 12.2. The molecular formula is C13H19NO3. The minimum absolute atomic E-state index is 0.0562. The van der Waals surface area contributed by atoms with Gasteiger partial charge in [-0.05, 0) is 44.2 Å². The van der Waals surface area contributed by atoms with E-state index in [-0.39, 0.29) is 18.4 Å². The van der Waals surface area contributed by atoms with Crippen LogP contribution in [0.1, 0.15) is 34.7 Å². The van der Waals surface area contributed by atoms with Gasteiger partial charge in [-0.15, -0.1) is 0 Å². The maximum atomic E-state index is 12.2. The molecule has 1 aliphatic heterocycles. The van der Waals surface area contributed by atoms with Crippen molar-refractivity contribution in [1.82, 2.24) is 4.90 Å². The Labute approximate surface area is 101 Å². The Morgan fingerprint density at radius 1 is 1.59 bits per heavy atom. The Hall–Kier alpha value is -1.29. The van der Waals surface area contributed by atoms with Crippen LogP contribution in [0, 0.1) is 19.8 Å². The molecule has 0 spiro atoms. The molecule has 1 atom stereocenters. The molecule has 17 heavy (non-hydrogen) atoms. The second kappa shape index (κ2) is 4.92. The highest BCUT2D eigenvalue weighted by molar-refractivity contribution is 5.91. The third-order valence-corrected chi connectivity index (χ3v) is 3.44. The van der Waals surface area contributed by atoms with E-state index in [1.54, 1.807) is 11.0 Å². The van der Waals surface area contributed by atoms with E-state index in [0.29, 0.717) is 12.3 Å². The first-order valence-corrected chi connectivity index (χ1v) is 6.09. The SMILES string of the molecule is Cc1cc(C(=O)N2CCCC(CO)C2)oc1C. The Balaban J connectivity index is 2.09. The normalized spacial score (nSPS) is 20.6. The third-order valence-electron chi connectivity index (χ3n) is 3.44. The Morgan fingerprint density at radius 2 is 2.35 bits per heavy atom. The van der Waals surface area contributed by atoms with Crippen LogP contribution in [0.5, 0.6) is 0 Å². The molecule has 1 saturated heterocycles. The molecule has 1 N–H and O–H groups in total. The number of carbonyl (C=O) groups is 1. The number of aliphatic hydroxyl groups excluding tert-OH is 1. The van der Waals surface area contributed by atoms with Gasteiger partial charge in [-0.3, -0.25) is 4.79 Å². The van der Waals surface area contributed by atoms with Gasteiger partial charge in [0.25, 0.3) is 5.91 Å². The van der Waals surface area contributed by atoms with Crippen molar-refractivity contribution in [1.29, 1.82) is 0 Å². The number of aliphatic hydroxyl groups is 1. The van der Waals surface area contributed by atoms with Crippen LogP contribution in [0.15, 0.2) is 10.5 Å². The number of aryl methyl sites for hydroxylation is 2. The number of likely N-dealkylation sites (tertiary alicyclic amines) is 1. The average molecular weight is 237 g/mol. The first-order valence-electron chi connectivity index (χ1n) is 6.09. The Kier molecular flexibility index (Phi) is 3.52. The van der Waals surface area contributed by atoms with Crippen molar-refractivity contribution in [3.05, 3.63) is 23.2 Å². The number of carbonyl (C=O) groups excluding carboxylic acids is 1. The minimum Gasteiger partial charge on any atom is -0.456 e. The van der Waals surface area contributed by atoms with Gasteiger partial charge in [0, 0.05) is 19.7 Å². The highest BCUT2D eigenvalue weighted by atomic mass is 16.4. The van der Waals surface area contributed by atoms with E-state index >= 15 is 0 Å². The van der Waals surface area contributed by atoms with E-state index < -0.39 is 0 Å². The second-order valence-electron chi connectivity index (χ2n) is 4.79. The quantitative estimate of drug-likeness (QED) is 0.852. The van der Waals surface area contributed by atoms with Gasteiger partial charge in [-0.1, -0.05) is 0 Å². The summed E-state index contributed by atoms with van der Waals surface area (Å²) in [6.45, 7) is 5.34. The molecule has 0 saturated carbocycles. The van der Waals surface area contributed by atoms with E-state index in [4.69, 9.17) is 9.52 Å². The fraction of sp³-hybridized carbons (Fsp3) is 0.615. The molecule has 1 fully saturated rings. The molecule has 4 heteroatoms. The van der Waals surface area contributed by atoms with Gasteiger partial charge in [0.05, 0.1) is 0 Å². The molecular weight excluding hydrogens is 218 g/mol. The lowest BCUT2D eigenvalue weighted by Crippen LogP contribution is -2.40. The topological polar surface area (TPSA) is 53.7 Å². The highest BCUT2D eigenvalue weighted by Gasteiger charge is 2.26. The van der Waals surface area contributed by atoms with Gasteiger partial charge in [0.1, 0.15) is 5.76 Å². The smallest absolute Gasteiger partial charge is 0.289 e.